The van der Waals surface area contributed by atoms with E-state index in [-0.39, 0.29) is 12.5 Å². The highest BCUT2D eigenvalue weighted by molar-refractivity contribution is 5.92. The Morgan fingerprint density at radius 3 is 2.53 bits per heavy atom. The third-order valence-electron chi connectivity index (χ3n) is 5.33. The lowest BCUT2D eigenvalue weighted by atomic mass is 10.1. The second-order valence-electron chi connectivity index (χ2n) is 7.87. The molecule has 5 aromatic rings. The number of carbonyl (C=O) groups excluding carboxylic acids is 1. The van der Waals surface area contributed by atoms with Gasteiger partial charge >= 0.3 is 0 Å². The van der Waals surface area contributed by atoms with Crippen LogP contribution in [-0.2, 0) is 4.79 Å². The minimum atomic E-state index is -0.223. The van der Waals surface area contributed by atoms with Gasteiger partial charge in [0.2, 0.25) is 5.89 Å². The van der Waals surface area contributed by atoms with Crippen LogP contribution in [0.2, 0.25) is 0 Å². The first-order valence-corrected chi connectivity index (χ1v) is 10.4. The van der Waals surface area contributed by atoms with E-state index in [1.807, 2.05) is 86.6 Å². The Hall–Kier alpha value is -4.12. The van der Waals surface area contributed by atoms with E-state index in [1.54, 1.807) is 0 Å². The van der Waals surface area contributed by atoms with Crippen LogP contribution in [0.1, 0.15) is 11.1 Å². The van der Waals surface area contributed by atoms with Crippen molar-refractivity contribution in [2.45, 2.75) is 13.8 Å². The van der Waals surface area contributed by atoms with Gasteiger partial charge in [0.1, 0.15) is 11.3 Å². The number of hydrogen-bond donors (Lipinski definition) is 1. The van der Waals surface area contributed by atoms with Crippen molar-refractivity contribution >= 4 is 33.5 Å². The number of oxazole rings is 1. The summed E-state index contributed by atoms with van der Waals surface area (Å²) >= 11 is 0. The van der Waals surface area contributed by atoms with Gasteiger partial charge in [-0.3, -0.25) is 4.79 Å². The van der Waals surface area contributed by atoms with Crippen LogP contribution in [0.4, 0.5) is 5.69 Å². The van der Waals surface area contributed by atoms with Crippen molar-refractivity contribution in [3.8, 4) is 17.2 Å². The van der Waals surface area contributed by atoms with Crippen LogP contribution in [0.3, 0.4) is 0 Å². The molecule has 5 nitrogen and oxygen atoms in total. The zero-order valence-electron chi connectivity index (χ0n) is 17.9. The SMILES string of the molecule is Cc1cc(C)c2oc(-c3ccc(NC(=O)COc4ccc5ccccc5c4)cc3)nc2c1. The molecule has 0 aliphatic heterocycles. The molecule has 0 atom stereocenters. The maximum absolute atomic E-state index is 12.3. The molecule has 0 bridgehead atoms. The van der Waals surface area contributed by atoms with Crippen LogP contribution >= 0.6 is 0 Å². The molecule has 32 heavy (non-hydrogen) atoms. The Morgan fingerprint density at radius 2 is 1.72 bits per heavy atom. The van der Waals surface area contributed by atoms with E-state index in [1.165, 1.54) is 0 Å². The monoisotopic (exact) mass is 422 g/mol. The zero-order chi connectivity index (χ0) is 22.1. The van der Waals surface area contributed by atoms with Crippen LogP contribution in [0.5, 0.6) is 5.75 Å². The molecule has 1 aromatic heterocycles. The fourth-order valence-corrected chi connectivity index (χ4v) is 3.80. The molecule has 0 spiro atoms. The summed E-state index contributed by atoms with van der Waals surface area (Å²) in [5.41, 5.74) is 5.40. The van der Waals surface area contributed by atoms with Gasteiger partial charge < -0.3 is 14.5 Å². The Morgan fingerprint density at radius 1 is 0.938 bits per heavy atom. The molecule has 0 fully saturated rings. The predicted molar refractivity (Wildman–Crippen MR) is 127 cm³/mol. The van der Waals surface area contributed by atoms with Gasteiger partial charge in [0, 0.05) is 11.3 Å². The van der Waals surface area contributed by atoms with Crippen LogP contribution in [0.15, 0.2) is 83.3 Å². The second kappa shape index (κ2) is 8.19. The molecule has 0 aliphatic rings. The normalized spacial score (nSPS) is 11.1. The molecule has 0 radical (unpaired) electrons. The Bertz CT molecular complexity index is 1440. The second-order valence-corrected chi connectivity index (χ2v) is 7.87. The zero-order valence-corrected chi connectivity index (χ0v) is 17.9. The average Bonchev–Trinajstić information content (AvgIpc) is 3.22. The van der Waals surface area contributed by atoms with E-state index < -0.39 is 0 Å². The van der Waals surface area contributed by atoms with Gasteiger partial charge in [-0.25, -0.2) is 4.98 Å². The number of aryl methyl sites for hydroxylation is 2. The average molecular weight is 422 g/mol. The third-order valence-corrected chi connectivity index (χ3v) is 5.33. The fraction of sp³-hybridized carbons (Fsp3) is 0.111. The summed E-state index contributed by atoms with van der Waals surface area (Å²) in [6.45, 7) is 3.99. The Kier molecular flexibility index (Phi) is 5.07. The maximum Gasteiger partial charge on any atom is 0.262 e. The number of carbonyl (C=O) groups is 1. The van der Waals surface area contributed by atoms with Crippen molar-refractivity contribution in [2.24, 2.45) is 0 Å². The number of nitrogens with one attached hydrogen (secondary N) is 1. The molecule has 0 aliphatic carbocycles. The lowest BCUT2D eigenvalue weighted by Gasteiger charge is -2.08. The largest absolute Gasteiger partial charge is 0.484 e. The van der Waals surface area contributed by atoms with Crippen LogP contribution < -0.4 is 10.1 Å². The lowest BCUT2D eigenvalue weighted by molar-refractivity contribution is -0.118. The quantitative estimate of drug-likeness (QED) is 0.362. The van der Waals surface area contributed by atoms with Crippen molar-refractivity contribution in [3.63, 3.8) is 0 Å². The van der Waals surface area contributed by atoms with Gasteiger partial charge in [-0.05, 0) is 78.2 Å². The number of aromatic nitrogens is 1. The number of benzene rings is 4. The summed E-state index contributed by atoms with van der Waals surface area (Å²) < 4.78 is 11.6. The molecule has 1 amide bonds. The van der Waals surface area contributed by atoms with Crippen molar-refractivity contribution in [1.29, 1.82) is 0 Å². The summed E-state index contributed by atoms with van der Waals surface area (Å²) in [6.07, 6.45) is 0. The molecule has 1 N–H and O–H groups in total. The molecule has 0 saturated heterocycles. The predicted octanol–water partition coefficient (Wildman–Crippen LogP) is 6.28. The molecule has 5 rings (SSSR count). The molecule has 0 unspecified atom stereocenters. The summed E-state index contributed by atoms with van der Waals surface area (Å²) in [5, 5.41) is 5.06. The third kappa shape index (κ3) is 4.05. The smallest absolute Gasteiger partial charge is 0.262 e. The molecule has 158 valence electrons. The highest BCUT2D eigenvalue weighted by Gasteiger charge is 2.11. The molecule has 5 heteroatoms. The van der Waals surface area contributed by atoms with Crippen LogP contribution in [0, 0.1) is 13.8 Å². The minimum Gasteiger partial charge on any atom is -0.484 e. The number of hydrogen-bond acceptors (Lipinski definition) is 4. The number of anilines is 1. The highest BCUT2D eigenvalue weighted by Crippen LogP contribution is 2.28. The van der Waals surface area contributed by atoms with Gasteiger partial charge in [0.25, 0.3) is 5.91 Å². The van der Waals surface area contributed by atoms with Crippen molar-refractivity contribution in [3.05, 3.63) is 90.0 Å². The van der Waals surface area contributed by atoms with Crippen LogP contribution in [-0.4, -0.2) is 17.5 Å². The number of ether oxygens (including phenoxy) is 1. The first-order valence-electron chi connectivity index (χ1n) is 10.4. The van der Waals surface area contributed by atoms with Crippen LogP contribution in [0.25, 0.3) is 33.3 Å². The fourth-order valence-electron chi connectivity index (χ4n) is 3.80. The standard InChI is InChI=1S/C27H22N2O3/c1-17-13-18(2)26-24(14-17)29-27(32-26)20-7-10-22(11-8-20)28-25(30)16-31-23-12-9-19-5-3-4-6-21(19)15-23/h3-15H,16H2,1-2H3,(H,28,30). The van der Waals surface area contributed by atoms with E-state index in [4.69, 9.17) is 9.15 Å². The molecule has 4 aromatic carbocycles. The molecular weight excluding hydrogens is 400 g/mol. The van der Waals surface area contributed by atoms with Crippen molar-refractivity contribution in [2.75, 3.05) is 11.9 Å². The van der Waals surface area contributed by atoms with Gasteiger partial charge in [-0.2, -0.15) is 0 Å². The maximum atomic E-state index is 12.3. The topological polar surface area (TPSA) is 64.4 Å². The van der Waals surface area contributed by atoms with Gasteiger partial charge in [-0.15, -0.1) is 0 Å². The summed E-state index contributed by atoms with van der Waals surface area (Å²) in [5.74, 6) is 1.00. The number of nitrogens with zero attached hydrogens (tertiary/aromatic N) is 1. The Labute approximate surface area is 185 Å². The van der Waals surface area contributed by atoms with Gasteiger partial charge in [-0.1, -0.05) is 36.4 Å². The van der Waals surface area contributed by atoms with E-state index >= 15 is 0 Å². The molecular formula is C27H22N2O3. The van der Waals surface area contributed by atoms with E-state index in [0.29, 0.717) is 17.3 Å². The highest BCUT2D eigenvalue weighted by atomic mass is 16.5. The summed E-state index contributed by atoms with van der Waals surface area (Å²) in [7, 11) is 0. The molecule has 0 saturated carbocycles. The number of amides is 1. The lowest BCUT2D eigenvalue weighted by Crippen LogP contribution is -2.20. The van der Waals surface area contributed by atoms with E-state index in [2.05, 4.69) is 16.4 Å². The Balaban J connectivity index is 1.24. The first kappa shape index (κ1) is 19.8. The first-order chi connectivity index (χ1) is 15.5. The summed E-state index contributed by atoms with van der Waals surface area (Å²) in [6, 6.07) is 25.3. The minimum absolute atomic E-state index is 0.0656. The van der Waals surface area contributed by atoms with Gasteiger partial charge in [0.05, 0.1) is 0 Å². The molecule has 1 heterocycles. The number of fused-ring (bicyclic) bond motifs is 2. The van der Waals surface area contributed by atoms with Crippen molar-refractivity contribution < 1.29 is 13.9 Å². The summed E-state index contributed by atoms with van der Waals surface area (Å²) in [4.78, 5) is 16.9. The van der Waals surface area contributed by atoms with E-state index in [9.17, 15) is 4.79 Å². The van der Waals surface area contributed by atoms with Crippen molar-refractivity contribution in [1.82, 2.24) is 4.98 Å². The number of rotatable bonds is 5. The van der Waals surface area contributed by atoms with E-state index in [0.717, 1.165) is 38.6 Å². The van der Waals surface area contributed by atoms with Gasteiger partial charge in [0.15, 0.2) is 12.2 Å².